The summed E-state index contributed by atoms with van der Waals surface area (Å²) in [6.45, 7) is 6.16. The second kappa shape index (κ2) is 8.30. The molecule has 152 valence electrons. The predicted octanol–water partition coefficient (Wildman–Crippen LogP) is 2.59. The Morgan fingerprint density at radius 3 is 2.57 bits per heavy atom. The van der Waals surface area contributed by atoms with Crippen LogP contribution in [0, 0.1) is 5.92 Å². The summed E-state index contributed by atoms with van der Waals surface area (Å²) in [5, 5.41) is 6.16. The van der Waals surface area contributed by atoms with E-state index in [1.54, 1.807) is 0 Å². The number of carbonyl (C=O) groups is 1. The van der Waals surface area contributed by atoms with Crippen LogP contribution in [0.2, 0.25) is 0 Å². The van der Waals surface area contributed by atoms with E-state index in [1.165, 1.54) is 25.4 Å². The topological polar surface area (TPSA) is 70.2 Å². The van der Waals surface area contributed by atoms with Crippen molar-refractivity contribution in [2.24, 2.45) is 5.92 Å². The van der Waals surface area contributed by atoms with Crippen LogP contribution in [-0.2, 0) is 11.0 Å². The molecule has 1 aliphatic heterocycles. The van der Waals surface area contributed by atoms with Gasteiger partial charge in [-0.05, 0) is 24.5 Å². The number of hydrogen-bond donors (Lipinski definition) is 2. The maximum absolute atomic E-state index is 13.3. The molecule has 0 radical (unpaired) electrons. The summed E-state index contributed by atoms with van der Waals surface area (Å²) in [6, 6.07) is 2.75. The third kappa shape index (κ3) is 4.70. The number of anilines is 1. The smallest absolute Gasteiger partial charge is 0.368 e. The Bertz CT molecular complexity index is 842. The first kappa shape index (κ1) is 20.3. The first-order valence-corrected chi connectivity index (χ1v) is 9.29. The third-order valence-corrected chi connectivity index (χ3v) is 4.84. The minimum Gasteiger partial charge on any atom is -0.368 e. The molecule has 9 heteroatoms. The van der Waals surface area contributed by atoms with E-state index in [0.29, 0.717) is 31.2 Å². The molecule has 1 aromatic carbocycles. The van der Waals surface area contributed by atoms with E-state index >= 15 is 0 Å². The number of nitrogens with one attached hydrogen (secondary N) is 2. The summed E-state index contributed by atoms with van der Waals surface area (Å²) in [5.74, 6) is 0.288. The number of nitrogens with zero attached hydrogens (tertiary/aromatic N) is 3. The van der Waals surface area contributed by atoms with Crippen molar-refractivity contribution in [3.63, 3.8) is 0 Å². The summed E-state index contributed by atoms with van der Waals surface area (Å²) >= 11 is 0. The summed E-state index contributed by atoms with van der Waals surface area (Å²) in [5.41, 5.74) is 0.0371. The first-order chi connectivity index (χ1) is 13.3. The second-order valence-electron chi connectivity index (χ2n) is 7.26. The zero-order chi connectivity index (χ0) is 20.3. The number of aromatic nitrogens is 2. The van der Waals surface area contributed by atoms with Gasteiger partial charge in [0.1, 0.15) is 11.0 Å². The van der Waals surface area contributed by atoms with Crippen molar-refractivity contribution in [2.75, 3.05) is 31.1 Å². The lowest BCUT2D eigenvalue weighted by Crippen LogP contribution is -2.50. The summed E-state index contributed by atoms with van der Waals surface area (Å²) in [6.07, 6.45) is -0.814. The fourth-order valence-electron chi connectivity index (χ4n) is 3.74. The van der Waals surface area contributed by atoms with Crippen LogP contribution in [0.1, 0.15) is 25.8 Å². The number of hydrogen-bond acceptors (Lipinski definition) is 5. The predicted molar refractivity (Wildman–Crippen MR) is 101 cm³/mol. The highest BCUT2D eigenvalue weighted by Crippen LogP contribution is 2.37. The summed E-state index contributed by atoms with van der Waals surface area (Å²) in [4.78, 5) is 21.2. The van der Waals surface area contributed by atoms with Gasteiger partial charge in [-0.3, -0.25) is 14.8 Å². The Balaban J connectivity index is 1.82. The third-order valence-electron chi connectivity index (χ3n) is 4.84. The number of rotatable bonds is 5. The molecule has 28 heavy (non-hydrogen) atoms. The molecule has 0 bridgehead atoms. The van der Waals surface area contributed by atoms with E-state index in [9.17, 15) is 18.0 Å². The minimum atomic E-state index is -4.48. The Morgan fingerprint density at radius 1 is 1.18 bits per heavy atom. The molecule has 2 atom stereocenters. The van der Waals surface area contributed by atoms with Crippen LogP contribution in [0.15, 0.2) is 24.5 Å². The Hall–Kier alpha value is -2.42. The Kier molecular flexibility index (Phi) is 6.02. The van der Waals surface area contributed by atoms with Gasteiger partial charge in [0.2, 0.25) is 5.91 Å². The first-order valence-electron chi connectivity index (χ1n) is 9.29. The van der Waals surface area contributed by atoms with Gasteiger partial charge in [-0.25, -0.2) is 0 Å². The molecule has 3 rings (SSSR count). The SMILES string of the molecule is CC(=O)NCCNC1CC(C)CN(c2ccc(C(F)(F)F)c3nccnc23)C1. The Labute approximate surface area is 161 Å². The zero-order valence-corrected chi connectivity index (χ0v) is 15.9. The highest BCUT2D eigenvalue weighted by molar-refractivity contribution is 5.90. The monoisotopic (exact) mass is 395 g/mol. The lowest BCUT2D eigenvalue weighted by atomic mass is 9.95. The number of halogens is 3. The fraction of sp³-hybridized carbons (Fsp3) is 0.526. The van der Waals surface area contributed by atoms with Crippen LogP contribution in [-0.4, -0.2) is 48.1 Å². The van der Waals surface area contributed by atoms with Gasteiger partial charge in [-0.15, -0.1) is 0 Å². The number of benzene rings is 1. The van der Waals surface area contributed by atoms with Crippen LogP contribution in [0.3, 0.4) is 0 Å². The van der Waals surface area contributed by atoms with E-state index in [4.69, 9.17) is 0 Å². The van der Waals surface area contributed by atoms with E-state index in [-0.39, 0.29) is 23.0 Å². The molecule has 0 saturated carbocycles. The molecular formula is C19H24F3N5O. The van der Waals surface area contributed by atoms with Gasteiger partial charge in [-0.1, -0.05) is 6.92 Å². The van der Waals surface area contributed by atoms with Crippen molar-refractivity contribution in [1.82, 2.24) is 20.6 Å². The van der Waals surface area contributed by atoms with E-state index in [2.05, 4.69) is 32.4 Å². The molecule has 1 amide bonds. The van der Waals surface area contributed by atoms with Crippen molar-refractivity contribution < 1.29 is 18.0 Å². The maximum atomic E-state index is 13.3. The highest BCUT2D eigenvalue weighted by Gasteiger charge is 2.35. The molecule has 1 saturated heterocycles. The Morgan fingerprint density at radius 2 is 1.89 bits per heavy atom. The van der Waals surface area contributed by atoms with Crippen LogP contribution in [0.4, 0.5) is 18.9 Å². The van der Waals surface area contributed by atoms with Gasteiger partial charge in [0.05, 0.1) is 11.3 Å². The molecule has 2 N–H and O–H groups in total. The molecule has 6 nitrogen and oxygen atoms in total. The van der Waals surface area contributed by atoms with Crippen molar-refractivity contribution >= 4 is 22.6 Å². The summed E-state index contributed by atoms with van der Waals surface area (Å²) < 4.78 is 40.0. The molecule has 1 aliphatic rings. The van der Waals surface area contributed by atoms with Gasteiger partial charge in [0, 0.05) is 51.5 Å². The number of carbonyl (C=O) groups excluding carboxylic acids is 1. The standard InChI is InChI=1S/C19H24F3N5O/c1-12-9-14(24-6-5-23-13(2)28)11-27(10-12)16-4-3-15(19(20,21)22)17-18(16)26-8-7-25-17/h3-4,7-8,12,14,24H,5-6,9-11H2,1-2H3,(H,23,28). The highest BCUT2D eigenvalue weighted by atomic mass is 19.4. The van der Waals surface area contributed by atoms with Crippen molar-refractivity contribution in [3.8, 4) is 0 Å². The lowest BCUT2D eigenvalue weighted by molar-refractivity contribution is -0.136. The quantitative estimate of drug-likeness (QED) is 0.762. The molecule has 1 aromatic heterocycles. The molecule has 0 aliphatic carbocycles. The van der Waals surface area contributed by atoms with E-state index in [1.807, 2.05) is 0 Å². The zero-order valence-electron chi connectivity index (χ0n) is 15.9. The average Bonchev–Trinajstić information content (AvgIpc) is 2.63. The second-order valence-corrected chi connectivity index (χ2v) is 7.26. The normalized spacial score (nSPS) is 20.4. The van der Waals surface area contributed by atoms with E-state index in [0.717, 1.165) is 19.0 Å². The van der Waals surface area contributed by atoms with Crippen molar-refractivity contribution in [3.05, 3.63) is 30.1 Å². The van der Waals surface area contributed by atoms with Gasteiger partial charge < -0.3 is 15.5 Å². The van der Waals surface area contributed by atoms with Gasteiger partial charge in [-0.2, -0.15) is 13.2 Å². The lowest BCUT2D eigenvalue weighted by Gasteiger charge is -2.38. The number of alkyl halides is 3. The van der Waals surface area contributed by atoms with Crippen molar-refractivity contribution in [2.45, 2.75) is 32.5 Å². The molecule has 2 aromatic rings. The maximum Gasteiger partial charge on any atom is 0.418 e. The minimum absolute atomic E-state index is 0.0739. The van der Waals surface area contributed by atoms with E-state index < -0.39 is 11.7 Å². The molecular weight excluding hydrogens is 371 g/mol. The van der Waals surface area contributed by atoms with Crippen LogP contribution in [0.25, 0.3) is 11.0 Å². The molecule has 2 unspecified atom stereocenters. The van der Waals surface area contributed by atoms with Crippen LogP contribution >= 0.6 is 0 Å². The average molecular weight is 395 g/mol. The molecule has 2 heterocycles. The van der Waals surface area contributed by atoms with Crippen molar-refractivity contribution in [1.29, 1.82) is 0 Å². The van der Waals surface area contributed by atoms with Gasteiger partial charge in [0.15, 0.2) is 0 Å². The van der Waals surface area contributed by atoms with Gasteiger partial charge in [0.25, 0.3) is 0 Å². The van der Waals surface area contributed by atoms with Crippen LogP contribution < -0.4 is 15.5 Å². The number of fused-ring (bicyclic) bond motifs is 1. The van der Waals surface area contributed by atoms with Gasteiger partial charge >= 0.3 is 6.18 Å². The number of piperidine rings is 1. The summed E-state index contributed by atoms with van der Waals surface area (Å²) in [7, 11) is 0. The molecule has 1 fully saturated rings. The van der Waals surface area contributed by atoms with Crippen LogP contribution in [0.5, 0.6) is 0 Å². The molecule has 0 spiro atoms. The largest absolute Gasteiger partial charge is 0.418 e. The fourth-order valence-corrected chi connectivity index (χ4v) is 3.74. The number of amides is 1.